The van der Waals surface area contributed by atoms with E-state index in [1.807, 2.05) is 27.7 Å². The first-order valence-corrected chi connectivity index (χ1v) is 15.8. The molecule has 0 saturated carbocycles. The SMILES string of the molecule is CCOc1ccc(N(CC(=O)N(Cc2ccc(Cl)c(Cl)c2)C(CC)C(=O)NC(C)(C)C)S(=O)(=O)c2ccccc2)cc1. The lowest BCUT2D eigenvalue weighted by Gasteiger charge is -2.34. The maximum atomic E-state index is 14.2. The van der Waals surface area contributed by atoms with E-state index in [1.54, 1.807) is 67.6 Å². The smallest absolute Gasteiger partial charge is 0.264 e. The Morgan fingerprint density at radius 2 is 1.57 bits per heavy atom. The average Bonchev–Trinajstić information content (AvgIpc) is 2.93. The largest absolute Gasteiger partial charge is 0.494 e. The van der Waals surface area contributed by atoms with Gasteiger partial charge in [0.05, 0.1) is 27.2 Å². The molecule has 2 amide bonds. The molecule has 1 N–H and O–H groups in total. The van der Waals surface area contributed by atoms with E-state index in [4.69, 9.17) is 27.9 Å². The third-order valence-corrected chi connectivity index (χ3v) is 8.79. The first-order chi connectivity index (χ1) is 19.8. The lowest BCUT2D eigenvalue weighted by molar-refractivity contribution is -0.141. The molecule has 0 spiro atoms. The van der Waals surface area contributed by atoms with Crippen LogP contribution in [0.15, 0.2) is 77.7 Å². The van der Waals surface area contributed by atoms with Gasteiger partial charge >= 0.3 is 0 Å². The molecule has 226 valence electrons. The van der Waals surface area contributed by atoms with Gasteiger partial charge in [-0.15, -0.1) is 0 Å². The van der Waals surface area contributed by atoms with Crippen molar-refractivity contribution in [2.24, 2.45) is 0 Å². The molecule has 3 aromatic carbocycles. The zero-order valence-electron chi connectivity index (χ0n) is 24.4. The lowest BCUT2D eigenvalue weighted by Crippen LogP contribution is -2.55. The number of nitrogens with one attached hydrogen (secondary N) is 1. The summed E-state index contributed by atoms with van der Waals surface area (Å²) in [5.74, 6) is -0.349. The number of carbonyl (C=O) groups excluding carboxylic acids is 2. The lowest BCUT2D eigenvalue weighted by atomic mass is 10.1. The molecule has 3 aromatic rings. The molecule has 1 unspecified atom stereocenters. The zero-order chi connectivity index (χ0) is 31.1. The first kappa shape index (κ1) is 33.2. The Morgan fingerprint density at radius 1 is 0.929 bits per heavy atom. The molecule has 1 atom stereocenters. The summed E-state index contributed by atoms with van der Waals surface area (Å²) in [6.07, 6.45) is 0.295. The number of ether oxygens (including phenoxy) is 1. The predicted octanol–water partition coefficient (Wildman–Crippen LogP) is 6.31. The summed E-state index contributed by atoms with van der Waals surface area (Å²) in [5, 5.41) is 3.60. The topological polar surface area (TPSA) is 96.0 Å². The standard InChI is InChI=1S/C31H37Cl2N3O5S/c1-6-28(30(38)34-31(3,4)5)35(20-22-13-18-26(32)27(33)19-22)29(37)21-36(23-14-16-24(17-15-23)41-7-2)42(39,40)25-11-9-8-10-12-25/h8-19,28H,6-7,20-21H2,1-5H3,(H,34,38). The molecular formula is C31H37Cl2N3O5S. The molecule has 0 aromatic heterocycles. The quantitative estimate of drug-likeness (QED) is 0.252. The summed E-state index contributed by atoms with van der Waals surface area (Å²) in [5.41, 5.74) is 0.365. The fraction of sp³-hybridized carbons (Fsp3) is 0.355. The fourth-order valence-corrected chi connectivity index (χ4v) is 6.09. The van der Waals surface area contributed by atoms with Crippen LogP contribution in [0.4, 0.5) is 5.69 Å². The highest BCUT2D eigenvalue weighted by Gasteiger charge is 2.34. The van der Waals surface area contributed by atoms with Crippen LogP contribution in [0.1, 0.15) is 46.6 Å². The van der Waals surface area contributed by atoms with Crippen LogP contribution in [0.3, 0.4) is 0 Å². The molecule has 0 bridgehead atoms. The molecule has 42 heavy (non-hydrogen) atoms. The fourth-order valence-electron chi connectivity index (χ4n) is 4.33. The maximum absolute atomic E-state index is 14.2. The highest BCUT2D eigenvalue weighted by atomic mass is 35.5. The van der Waals surface area contributed by atoms with Crippen molar-refractivity contribution in [2.45, 2.75) is 64.1 Å². The number of hydrogen-bond acceptors (Lipinski definition) is 5. The Hall–Kier alpha value is -3.27. The molecule has 0 aliphatic carbocycles. The number of carbonyl (C=O) groups is 2. The Labute approximate surface area is 258 Å². The Kier molecular flexibility index (Phi) is 11.3. The third kappa shape index (κ3) is 8.63. The second-order valence-corrected chi connectivity index (χ2v) is 13.4. The van der Waals surface area contributed by atoms with E-state index >= 15 is 0 Å². The maximum Gasteiger partial charge on any atom is 0.264 e. The van der Waals surface area contributed by atoms with E-state index in [9.17, 15) is 18.0 Å². The number of rotatable bonds is 12. The van der Waals surface area contributed by atoms with Crippen LogP contribution in [-0.2, 0) is 26.2 Å². The Bertz CT molecular complexity index is 1480. The number of halogens is 2. The van der Waals surface area contributed by atoms with Crippen LogP contribution < -0.4 is 14.4 Å². The predicted molar refractivity (Wildman–Crippen MR) is 168 cm³/mol. The van der Waals surface area contributed by atoms with Crippen molar-refractivity contribution in [3.05, 3.63) is 88.4 Å². The molecular weight excluding hydrogens is 597 g/mol. The second kappa shape index (κ2) is 14.3. The number of anilines is 1. The van der Waals surface area contributed by atoms with Gasteiger partial charge in [0.25, 0.3) is 10.0 Å². The van der Waals surface area contributed by atoms with Crippen LogP contribution >= 0.6 is 23.2 Å². The van der Waals surface area contributed by atoms with Gasteiger partial charge in [0, 0.05) is 12.1 Å². The Balaban J connectivity index is 2.08. The van der Waals surface area contributed by atoms with E-state index < -0.39 is 34.1 Å². The first-order valence-electron chi connectivity index (χ1n) is 13.6. The van der Waals surface area contributed by atoms with Crippen LogP contribution in [-0.4, -0.2) is 49.9 Å². The summed E-state index contributed by atoms with van der Waals surface area (Å²) in [6.45, 7) is 9.10. The average molecular weight is 635 g/mol. The molecule has 0 fully saturated rings. The van der Waals surface area contributed by atoms with Crippen molar-refractivity contribution in [3.8, 4) is 5.75 Å². The third-order valence-electron chi connectivity index (χ3n) is 6.27. The molecule has 0 saturated heterocycles. The summed E-state index contributed by atoms with van der Waals surface area (Å²) >= 11 is 12.4. The van der Waals surface area contributed by atoms with Gasteiger partial charge in [0.1, 0.15) is 18.3 Å². The van der Waals surface area contributed by atoms with Gasteiger partial charge in [-0.05, 0) is 88.2 Å². The molecule has 0 heterocycles. The minimum atomic E-state index is -4.17. The molecule has 3 rings (SSSR count). The van der Waals surface area contributed by atoms with Crippen LogP contribution in [0.2, 0.25) is 10.0 Å². The highest BCUT2D eigenvalue weighted by Crippen LogP contribution is 2.28. The molecule has 11 heteroatoms. The number of benzene rings is 3. The van der Waals surface area contributed by atoms with Gasteiger partial charge < -0.3 is 15.0 Å². The highest BCUT2D eigenvalue weighted by molar-refractivity contribution is 7.92. The number of sulfonamides is 1. The molecule has 8 nitrogen and oxygen atoms in total. The normalized spacial score (nSPS) is 12.4. The second-order valence-electron chi connectivity index (χ2n) is 10.7. The van der Waals surface area contributed by atoms with Crippen molar-refractivity contribution < 1.29 is 22.7 Å². The number of hydrogen-bond donors (Lipinski definition) is 1. The summed E-state index contributed by atoms with van der Waals surface area (Å²) < 4.78 is 34.4. The van der Waals surface area contributed by atoms with E-state index in [2.05, 4.69) is 5.32 Å². The van der Waals surface area contributed by atoms with E-state index in [0.717, 1.165) is 4.31 Å². The summed E-state index contributed by atoms with van der Waals surface area (Å²) in [7, 11) is -4.17. The van der Waals surface area contributed by atoms with Crippen LogP contribution in [0, 0.1) is 0 Å². The van der Waals surface area contributed by atoms with Gasteiger partial charge in [-0.25, -0.2) is 8.42 Å². The minimum Gasteiger partial charge on any atom is -0.494 e. The monoisotopic (exact) mass is 633 g/mol. The van der Waals surface area contributed by atoms with Gasteiger partial charge in [0.15, 0.2) is 0 Å². The van der Waals surface area contributed by atoms with Gasteiger partial charge in [-0.1, -0.05) is 54.4 Å². The van der Waals surface area contributed by atoms with Gasteiger partial charge in [0.2, 0.25) is 11.8 Å². The number of nitrogens with zero attached hydrogens (tertiary/aromatic N) is 2. The summed E-state index contributed by atoms with van der Waals surface area (Å²) in [4.78, 5) is 29.0. The molecule has 0 aliphatic heterocycles. The van der Waals surface area contributed by atoms with Crippen molar-refractivity contribution in [3.63, 3.8) is 0 Å². The van der Waals surface area contributed by atoms with Crippen molar-refractivity contribution in [1.82, 2.24) is 10.2 Å². The van der Waals surface area contributed by atoms with Crippen molar-refractivity contribution in [2.75, 3.05) is 17.5 Å². The van der Waals surface area contributed by atoms with E-state index in [1.165, 1.54) is 17.0 Å². The number of amides is 2. The van der Waals surface area contributed by atoms with E-state index in [0.29, 0.717) is 34.4 Å². The van der Waals surface area contributed by atoms with Gasteiger partial charge in [-0.3, -0.25) is 13.9 Å². The molecule has 0 aliphatic rings. The van der Waals surface area contributed by atoms with Crippen LogP contribution in [0.5, 0.6) is 5.75 Å². The van der Waals surface area contributed by atoms with Crippen molar-refractivity contribution >= 4 is 50.7 Å². The molecule has 0 radical (unpaired) electrons. The van der Waals surface area contributed by atoms with Gasteiger partial charge in [-0.2, -0.15) is 0 Å². The van der Waals surface area contributed by atoms with E-state index in [-0.39, 0.29) is 23.0 Å². The summed E-state index contributed by atoms with van der Waals surface area (Å²) in [6, 6.07) is 18.4. The Morgan fingerprint density at radius 3 is 2.12 bits per heavy atom. The van der Waals surface area contributed by atoms with Crippen molar-refractivity contribution in [1.29, 1.82) is 0 Å². The minimum absolute atomic E-state index is 0.00823. The zero-order valence-corrected chi connectivity index (χ0v) is 26.8. The van der Waals surface area contributed by atoms with Crippen LogP contribution in [0.25, 0.3) is 0 Å².